The number of hydrogen-bond donors (Lipinski definition) is 1. The molecule has 9 nitrogen and oxygen atoms in total. The average molecular weight is 497 g/mol. The molecule has 3 heterocycles. The first-order valence-electron chi connectivity index (χ1n) is 12.4. The van der Waals surface area contributed by atoms with Gasteiger partial charge in [-0.2, -0.15) is 5.10 Å². The van der Waals surface area contributed by atoms with Crippen molar-refractivity contribution in [2.24, 2.45) is 0 Å². The van der Waals surface area contributed by atoms with Crippen molar-refractivity contribution >= 4 is 34.4 Å². The predicted molar refractivity (Wildman–Crippen MR) is 137 cm³/mol. The summed E-state index contributed by atoms with van der Waals surface area (Å²) in [5.74, 6) is 0.776. The summed E-state index contributed by atoms with van der Waals surface area (Å²) in [5.41, 5.74) is 0.601. The highest BCUT2D eigenvalue weighted by Gasteiger charge is 2.21. The number of hydrogen-bond acceptors (Lipinski definition) is 7. The smallest absolute Gasteiger partial charge is 0.262 e. The van der Waals surface area contributed by atoms with Crippen LogP contribution in [0, 0.1) is 0 Å². The molecule has 0 unspecified atom stereocenters. The Bertz CT molecular complexity index is 1210. The zero-order chi connectivity index (χ0) is 24.0. The average Bonchev–Trinajstić information content (AvgIpc) is 3.57. The van der Waals surface area contributed by atoms with Gasteiger partial charge in [-0.3, -0.25) is 19.1 Å². The van der Waals surface area contributed by atoms with E-state index in [4.69, 9.17) is 9.72 Å². The minimum Gasteiger partial charge on any atom is -0.379 e. The number of fused-ring (bicyclic) bond motifs is 1. The van der Waals surface area contributed by atoms with Gasteiger partial charge in [-0.25, -0.2) is 9.67 Å². The monoisotopic (exact) mass is 496 g/mol. The first-order chi connectivity index (χ1) is 17.2. The summed E-state index contributed by atoms with van der Waals surface area (Å²) in [6, 6.07) is 9.59. The second-order valence-electron chi connectivity index (χ2n) is 9.11. The molecule has 1 aliphatic heterocycles. The molecule has 0 spiro atoms. The maximum atomic E-state index is 13.3. The molecule has 0 bridgehead atoms. The normalized spacial score (nSPS) is 17.3. The maximum Gasteiger partial charge on any atom is 0.262 e. The van der Waals surface area contributed by atoms with E-state index in [1.54, 1.807) is 10.8 Å². The summed E-state index contributed by atoms with van der Waals surface area (Å²) in [7, 11) is 0. The Morgan fingerprint density at radius 1 is 1.11 bits per heavy atom. The molecular weight excluding hydrogens is 464 g/mol. The number of carbonyl (C=O) groups excluding carboxylic acids is 1. The van der Waals surface area contributed by atoms with E-state index < -0.39 is 0 Å². The van der Waals surface area contributed by atoms with Gasteiger partial charge in [0.15, 0.2) is 5.16 Å². The number of nitrogens with zero attached hydrogens (tertiary/aromatic N) is 5. The molecule has 1 amide bonds. The van der Waals surface area contributed by atoms with Crippen molar-refractivity contribution in [2.45, 2.75) is 49.8 Å². The van der Waals surface area contributed by atoms with Crippen LogP contribution in [0.2, 0.25) is 0 Å². The van der Waals surface area contributed by atoms with Crippen molar-refractivity contribution in [3.8, 4) is 0 Å². The molecule has 1 saturated heterocycles. The molecule has 1 N–H and O–H groups in total. The summed E-state index contributed by atoms with van der Waals surface area (Å²) in [6.45, 7) is 4.82. The molecule has 35 heavy (non-hydrogen) atoms. The molecular formula is C25H32N6O3S. The molecule has 2 aromatic heterocycles. The van der Waals surface area contributed by atoms with E-state index in [1.807, 2.05) is 35.0 Å². The van der Waals surface area contributed by atoms with Crippen LogP contribution in [0.4, 0.5) is 5.82 Å². The molecule has 3 aromatic rings. The van der Waals surface area contributed by atoms with Crippen molar-refractivity contribution in [3.63, 3.8) is 0 Å². The topological polar surface area (TPSA) is 94.3 Å². The van der Waals surface area contributed by atoms with Gasteiger partial charge in [-0.05, 0) is 31.4 Å². The van der Waals surface area contributed by atoms with Crippen molar-refractivity contribution in [1.29, 1.82) is 0 Å². The molecule has 1 aliphatic carbocycles. The van der Waals surface area contributed by atoms with E-state index in [0.717, 1.165) is 57.9 Å². The predicted octanol–water partition coefficient (Wildman–Crippen LogP) is 3.16. The number of anilines is 1. The van der Waals surface area contributed by atoms with Crippen LogP contribution in [0.3, 0.4) is 0 Å². The van der Waals surface area contributed by atoms with Crippen LogP contribution in [-0.2, 0) is 16.1 Å². The molecule has 186 valence electrons. The number of rotatable bonds is 9. The summed E-state index contributed by atoms with van der Waals surface area (Å²) < 4.78 is 9.09. The minimum absolute atomic E-state index is 0.0557. The van der Waals surface area contributed by atoms with Gasteiger partial charge in [-0.15, -0.1) is 0 Å². The van der Waals surface area contributed by atoms with Crippen molar-refractivity contribution in [3.05, 3.63) is 46.9 Å². The number of amides is 1. The van der Waals surface area contributed by atoms with Gasteiger partial charge in [0.25, 0.3) is 5.56 Å². The van der Waals surface area contributed by atoms with Crippen molar-refractivity contribution in [2.75, 3.05) is 43.9 Å². The zero-order valence-corrected chi connectivity index (χ0v) is 20.7. The highest BCUT2D eigenvalue weighted by molar-refractivity contribution is 7.99. The fourth-order valence-corrected chi connectivity index (χ4v) is 5.72. The molecule has 1 aromatic carbocycles. The highest BCUT2D eigenvalue weighted by Crippen LogP contribution is 2.31. The van der Waals surface area contributed by atoms with Crippen LogP contribution in [0.25, 0.3) is 10.9 Å². The Labute approximate surface area is 208 Å². The number of ether oxygens (including phenoxy) is 1. The lowest BCUT2D eigenvalue weighted by molar-refractivity contribution is -0.113. The number of benzene rings is 1. The van der Waals surface area contributed by atoms with Gasteiger partial charge < -0.3 is 10.1 Å². The van der Waals surface area contributed by atoms with Gasteiger partial charge in [-0.1, -0.05) is 36.7 Å². The first-order valence-corrected chi connectivity index (χ1v) is 13.4. The summed E-state index contributed by atoms with van der Waals surface area (Å²) in [6.07, 6.45) is 7.15. The maximum absolute atomic E-state index is 13.3. The van der Waals surface area contributed by atoms with Crippen LogP contribution in [-0.4, -0.2) is 68.7 Å². The molecule has 5 rings (SSSR count). The van der Waals surface area contributed by atoms with E-state index in [1.165, 1.54) is 24.6 Å². The van der Waals surface area contributed by atoms with Crippen LogP contribution in [0.1, 0.15) is 38.1 Å². The third-order valence-corrected chi connectivity index (χ3v) is 7.70. The second-order valence-corrected chi connectivity index (χ2v) is 10.1. The summed E-state index contributed by atoms with van der Waals surface area (Å²) in [4.78, 5) is 33.2. The van der Waals surface area contributed by atoms with Crippen LogP contribution >= 0.6 is 11.8 Å². The Morgan fingerprint density at radius 3 is 2.74 bits per heavy atom. The minimum atomic E-state index is -0.128. The summed E-state index contributed by atoms with van der Waals surface area (Å²) >= 11 is 1.31. The lowest BCUT2D eigenvalue weighted by Crippen LogP contribution is -2.37. The molecule has 2 fully saturated rings. The highest BCUT2D eigenvalue weighted by atomic mass is 32.2. The number of carbonyl (C=O) groups is 1. The zero-order valence-electron chi connectivity index (χ0n) is 19.9. The third-order valence-electron chi connectivity index (χ3n) is 6.73. The lowest BCUT2D eigenvalue weighted by Gasteiger charge is -2.26. The van der Waals surface area contributed by atoms with Crippen molar-refractivity contribution in [1.82, 2.24) is 24.2 Å². The van der Waals surface area contributed by atoms with Crippen LogP contribution in [0.15, 0.2) is 46.5 Å². The van der Waals surface area contributed by atoms with E-state index in [-0.39, 0.29) is 17.2 Å². The largest absolute Gasteiger partial charge is 0.379 e. The fraction of sp³-hybridized carbons (Fsp3) is 0.520. The van der Waals surface area contributed by atoms with Gasteiger partial charge in [0.05, 0.1) is 42.1 Å². The Kier molecular flexibility index (Phi) is 7.80. The van der Waals surface area contributed by atoms with E-state index in [9.17, 15) is 9.59 Å². The molecule has 0 atom stereocenters. The molecule has 2 aliphatic rings. The van der Waals surface area contributed by atoms with Gasteiger partial charge in [0, 0.05) is 32.2 Å². The number of nitrogens with one attached hydrogen (secondary N) is 1. The number of aromatic nitrogens is 4. The summed E-state index contributed by atoms with van der Waals surface area (Å²) in [5, 5.41) is 8.61. The van der Waals surface area contributed by atoms with Gasteiger partial charge in [0.2, 0.25) is 5.91 Å². The van der Waals surface area contributed by atoms with E-state index in [0.29, 0.717) is 28.6 Å². The Hall–Kier alpha value is -2.69. The fourth-order valence-electron chi connectivity index (χ4n) is 4.89. The first kappa shape index (κ1) is 24.0. The third kappa shape index (κ3) is 5.76. The number of morpholine rings is 1. The van der Waals surface area contributed by atoms with E-state index in [2.05, 4.69) is 15.3 Å². The molecule has 10 heteroatoms. The Morgan fingerprint density at radius 2 is 1.91 bits per heavy atom. The second kappa shape index (κ2) is 11.4. The number of thioether (sulfide) groups is 1. The lowest BCUT2D eigenvalue weighted by atomic mass is 10.2. The van der Waals surface area contributed by atoms with Crippen LogP contribution < -0.4 is 10.9 Å². The number of para-hydroxylation sites is 1. The molecule has 0 radical (unpaired) electrons. The standard InChI is InChI=1S/C25H32N6O3S/c32-23(28-22-10-11-26-31(22)19-6-1-2-7-19)18-35-25-27-21-9-4-3-8-20(21)24(33)30(25)13-5-12-29-14-16-34-17-15-29/h3-4,8-11,19H,1-2,5-7,12-18H2,(H,28,32). The molecule has 1 saturated carbocycles. The van der Waals surface area contributed by atoms with Crippen LogP contribution in [0.5, 0.6) is 0 Å². The quantitative estimate of drug-likeness (QED) is 0.359. The Balaban J connectivity index is 1.27. The SMILES string of the molecule is O=C(CSc1nc2ccccc2c(=O)n1CCCN1CCOCC1)Nc1ccnn1C1CCCC1. The van der Waals surface area contributed by atoms with E-state index >= 15 is 0 Å². The van der Waals surface area contributed by atoms with Crippen molar-refractivity contribution < 1.29 is 9.53 Å². The van der Waals surface area contributed by atoms with Gasteiger partial charge in [0.1, 0.15) is 5.82 Å². The van der Waals surface area contributed by atoms with Gasteiger partial charge >= 0.3 is 0 Å².